The topological polar surface area (TPSA) is 69.7 Å². The van der Waals surface area contributed by atoms with Crippen molar-refractivity contribution in [3.05, 3.63) is 0 Å². The fourth-order valence-electron chi connectivity index (χ4n) is 0.305. The minimum absolute atomic E-state index is 0. The first-order valence-corrected chi connectivity index (χ1v) is 3.92. The quantitative estimate of drug-likeness (QED) is 0.259. The summed E-state index contributed by atoms with van der Waals surface area (Å²) in [7, 11) is -3.15. The zero-order valence-electron chi connectivity index (χ0n) is 7.66. The van der Waals surface area contributed by atoms with Gasteiger partial charge in [0.15, 0.2) is 0 Å². The van der Waals surface area contributed by atoms with Crippen LogP contribution in [0.25, 0.3) is 0 Å². The number of hydrogen-bond acceptors (Lipinski definition) is 5. The van der Waals surface area contributed by atoms with Crippen molar-refractivity contribution in [1.82, 2.24) is 0 Å². The van der Waals surface area contributed by atoms with E-state index in [1.165, 1.54) is 6.92 Å². The van der Waals surface area contributed by atoms with Crippen molar-refractivity contribution < 1.29 is 42.4 Å². The smallest absolute Gasteiger partial charge is 1.00 e. The largest absolute Gasteiger partial charge is 1.00 e. The molecule has 0 aromatic heterocycles. The molecule has 5 nitrogen and oxygen atoms in total. The van der Waals surface area contributed by atoms with E-state index >= 15 is 0 Å². The van der Waals surface area contributed by atoms with Gasteiger partial charge in [-0.25, -0.2) is 4.79 Å². The minimum atomic E-state index is -4.12. The van der Waals surface area contributed by atoms with E-state index < -0.39 is 15.4 Å². The molecule has 0 amide bonds. The fraction of sp³-hybridized carbons (Fsp3) is 0.750. The van der Waals surface area contributed by atoms with Gasteiger partial charge < -0.3 is 6.16 Å². The van der Waals surface area contributed by atoms with E-state index in [-0.39, 0.29) is 26.9 Å². The van der Waals surface area contributed by atoms with Crippen molar-refractivity contribution in [2.24, 2.45) is 0 Å². The summed E-state index contributed by atoms with van der Waals surface area (Å²) in [5, 5.41) is -1.37. The molecule has 7 heteroatoms. The molecule has 0 aliphatic heterocycles. The first kappa shape index (κ1) is 13.6. The van der Waals surface area contributed by atoms with Gasteiger partial charge in [-0.15, -0.1) is 0 Å². The Morgan fingerprint density at radius 3 is 2.27 bits per heavy atom. The minimum Gasteiger partial charge on any atom is -1.00 e. The molecule has 62 valence electrons. The maximum atomic E-state index is 10.5. The van der Waals surface area contributed by atoms with Crippen LogP contribution < -0.4 is 18.9 Å². The van der Waals surface area contributed by atoms with Gasteiger partial charge in [0.05, 0.1) is 13.7 Å². The first-order chi connectivity index (χ1) is 4.54. The molecule has 0 atom stereocenters. The van der Waals surface area contributed by atoms with Gasteiger partial charge in [0.2, 0.25) is 0 Å². The Balaban J connectivity index is -0.000000405. The van der Waals surface area contributed by atoms with E-state index in [0.29, 0.717) is 0 Å². The number of carbonyl (C=O) groups excluding carboxylic acids is 1. The van der Waals surface area contributed by atoms with Crippen molar-refractivity contribution in [1.29, 1.82) is 0 Å². The molecular weight excluding hydrogens is 167 g/mol. The van der Waals surface area contributed by atoms with Crippen molar-refractivity contribution in [2.75, 3.05) is 13.7 Å². The summed E-state index contributed by atoms with van der Waals surface area (Å²) in [4.78, 5) is 10.3. The number of methoxy groups -OCH3 is 1. The summed E-state index contributed by atoms with van der Waals surface area (Å²) in [6.45, 7) is 1.39. The molecular formula is C4H9LiO5S. The molecule has 0 aromatic rings. The van der Waals surface area contributed by atoms with Crippen LogP contribution in [-0.4, -0.2) is 27.4 Å². The molecule has 0 rings (SSSR count). The SMILES string of the molecule is CCOS(=O)(=O)C(=O)OC.[H-].[Li+]. The maximum absolute atomic E-state index is 10.5. The third-order valence-corrected chi connectivity index (χ3v) is 1.76. The second-order valence-electron chi connectivity index (χ2n) is 1.31. The Bertz CT molecular complexity index is 213. The summed E-state index contributed by atoms with van der Waals surface area (Å²) in [6.07, 6.45) is 0. The van der Waals surface area contributed by atoms with Gasteiger partial charge in [0.25, 0.3) is 0 Å². The second-order valence-corrected chi connectivity index (χ2v) is 2.79. The molecule has 0 saturated heterocycles. The number of carbonyl (C=O) groups is 1. The predicted octanol–water partition coefficient (Wildman–Crippen LogP) is -2.76. The van der Waals surface area contributed by atoms with Crippen LogP contribution in [0.5, 0.6) is 0 Å². The van der Waals surface area contributed by atoms with Gasteiger partial charge in [-0.05, 0) is 6.92 Å². The fourth-order valence-corrected chi connectivity index (χ4v) is 0.916. The monoisotopic (exact) mass is 176 g/mol. The molecule has 0 aliphatic rings. The van der Waals surface area contributed by atoms with Crippen molar-refractivity contribution in [2.45, 2.75) is 6.92 Å². The molecule has 0 aromatic carbocycles. The molecule has 11 heavy (non-hydrogen) atoms. The Hall–Kier alpha value is -0.0226. The standard InChI is InChI=1S/C4H8O5S.Li.H/c1-3-9-10(6,7)4(5)8-2;;/h3H2,1-2H3;;/q;+1;-1. The molecule has 0 radical (unpaired) electrons. The van der Waals surface area contributed by atoms with E-state index in [1.54, 1.807) is 0 Å². The molecule has 0 unspecified atom stereocenters. The van der Waals surface area contributed by atoms with Gasteiger partial charge >= 0.3 is 34.3 Å². The van der Waals surface area contributed by atoms with Crippen LogP contribution in [-0.2, 0) is 19.0 Å². The van der Waals surface area contributed by atoms with Gasteiger partial charge in [-0.2, -0.15) is 8.42 Å². The zero-order valence-corrected chi connectivity index (χ0v) is 7.47. The number of ether oxygens (including phenoxy) is 1. The molecule has 0 spiro atoms. The Labute approximate surface area is 78.8 Å². The second kappa shape index (κ2) is 5.61. The van der Waals surface area contributed by atoms with Crippen LogP contribution in [0, 0.1) is 0 Å². The van der Waals surface area contributed by atoms with Crippen LogP contribution in [0.3, 0.4) is 0 Å². The molecule has 0 aliphatic carbocycles. The third-order valence-electron chi connectivity index (χ3n) is 0.644. The summed E-state index contributed by atoms with van der Waals surface area (Å²) in [6, 6.07) is 0. The number of hydrogen-bond donors (Lipinski definition) is 0. The summed E-state index contributed by atoms with van der Waals surface area (Å²) < 4.78 is 28.9. The average molecular weight is 176 g/mol. The van der Waals surface area contributed by atoms with Gasteiger partial charge in [-0.1, -0.05) is 0 Å². The van der Waals surface area contributed by atoms with Crippen LogP contribution in [0.1, 0.15) is 8.35 Å². The van der Waals surface area contributed by atoms with Gasteiger partial charge in [0.1, 0.15) is 0 Å². The summed E-state index contributed by atoms with van der Waals surface area (Å²) >= 11 is 0. The third kappa shape index (κ3) is 4.43. The molecule has 0 bridgehead atoms. The van der Waals surface area contributed by atoms with Gasteiger partial charge in [-0.3, -0.25) is 4.18 Å². The zero-order chi connectivity index (χ0) is 8.20. The normalized spacial score (nSPS) is 10.0. The summed E-state index contributed by atoms with van der Waals surface area (Å²) in [5.41, 5.74) is 0. The van der Waals surface area contributed by atoms with E-state index in [4.69, 9.17) is 0 Å². The number of rotatable bonds is 2. The predicted molar refractivity (Wildman–Crippen MR) is 34.1 cm³/mol. The molecule has 0 heterocycles. The molecule has 0 N–H and O–H groups in total. The van der Waals surface area contributed by atoms with Crippen LogP contribution >= 0.6 is 0 Å². The Kier molecular flexibility index (Phi) is 6.91. The molecule has 0 fully saturated rings. The van der Waals surface area contributed by atoms with E-state index in [9.17, 15) is 13.2 Å². The average Bonchev–Trinajstić information content (AvgIpc) is 1.86. The first-order valence-electron chi connectivity index (χ1n) is 2.52. The maximum Gasteiger partial charge on any atom is 1.00 e. The van der Waals surface area contributed by atoms with E-state index in [2.05, 4.69) is 8.92 Å². The van der Waals surface area contributed by atoms with Crippen LogP contribution in [0.4, 0.5) is 4.79 Å². The van der Waals surface area contributed by atoms with Gasteiger partial charge in [0, 0.05) is 0 Å². The van der Waals surface area contributed by atoms with E-state index in [0.717, 1.165) is 7.11 Å². The van der Waals surface area contributed by atoms with Crippen molar-refractivity contribution >= 4 is 15.4 Å². The Morgan fingerprint density at radius 1 is 1.55 bits per heavy atom. The van der Waals surface area contributed by atoms with E-state index in [1.807, 2.05) is 0 Å². The van der Waals surface area contributed by atoms with Crippen LogP contribution in [0.2, 0.25) is 0 Å². The van der Waals surface area contributed by atoms with Crippen molar-refractivity contribution in [3.8, 4) is 0 Å². The van der Waals surface area contributed by atoms with Crippen molar-refractivity contribution in [3.63, 3.8) is 0 Å². The molecule has 0 saturated carbocycles. The van der Waals surface area contributed by atoms with Crippen LogP contribution in [0.15, 0.2) is 0 Å². The Morgan fingerprint density at radius 2 is 2.00 bits per heavy atom. The summed E-state index contributed by atoms with van der Waals surface area (Å²) in [5.74, 6) is 0.